The van der Waals surface area contributed by atoms with Crippen LogP contribution in [0.3, 0.4) is 0 Å². The zero-order valence-corrected chi connectivity index (χ0v) is 8.17. The van der Waals surface area contributed by atoms with E-state index in [0.29, 0.717) is 6.42 Å². The standard InChI is InChI=1S/C11H15FN2/c12-7-3-9-14-11(5-6-11)10-4-1-2-8-13-10/h1-2,4,8,14H,3,5-7,9H2. The van der Waals surface area contributed by atoms with Crippen molar-refractivity contribution < 1.29 is 4.39 Å². The molecule has 1 aromatic heterocycles. The van der Waals surface area contributed by atoms with Crippen molar-refractivity contribution in [2.24, 2.45) is 0 Å². The molecule has 0 spiro atoms. The molecule has 0 amide bonds. The van der Waals surface area contributed by atoms with E-state index < -0.39 is 0 Å². The van der Waals surface area contributed by atoms with Crippen LogP contribution in [0.15, 0.2) is 24.4 Å². The second-order valence-electron chi connectivity index (χ2n) is 3.77. The van der Waals surface area contributed by atoms with E-state index in [4.69, 9.17) is 0 Å². The van der Waals surface area contributed by atoms with Crippen LogP contribution in [0.2, 0.25) is 0 Å². The monoisotopic (exact) mass is 194 g/mol. The van der Waals surface area contributed by atoms with Gasteiger partial charge >= 0.3 is 0 Å². The third-order valence-electron chi connectivity index (χ3n) is 2.68. The number of nitrogens with one attached hydrogen (secondary N) is 1. The minimum atomic E-state index is -0.245. The van der Waals surface area contributed by atoms with Gasteiger partial charge in [-0.05, 0) is 37.9 Å². The predicted octanol–water partition coefficient (Wildman–Crippen LogP) is 2.02. The lowest BCUT2D eigenvalue weighted by Crippen LogP contribution is -2.30. The van der Waals surface area contributed by atoms with Gasteiger partial charge in [-0.2, -0.15) is 0 Å². The van der Waals surface area contributed by atoms with Gasteiger partial charge in [0.15, 0.2) is 0 Å². The second-order valence-corrected chi connectivity index (χ2v) is 3.77. The molecule has 14 heavy (non-hydrogen) atoms. The van der Waals surface area contributed by atoms with Crippen LogP contribution >= 0.6 is 0 Å². The van der Waals surface area contributed by atoms with Crippen molar-refractivity contribution in [3.05, 3.63) is 30.1 Å². The van der Waals surface area contributed by atoms with Gasteiger partial charge < -0.3 is 5.32 Å². The van der Waals surface area contributed by atoms with Gasteiger partial charge in [-0.15, -0.1) is 0 Å². The lowest BCUT2D eigenvalue weighted by molar-refractivity contribution is 0.429. The Bertz CT molecular complexity index is 283. The maximum Gasteiger partial charge on any atom is 0.0906 e. The number of hydrogen-bond acceptors (Lipinski definition) is 2. The molecule has 1 aliphatic carbocycles. The third-order valence-corrected chi connectivity index (χ3v) is 2.68. The molecular weight excluding hydrogens is 179 g/mol. The predicted molar refractivity (Wildman–Crippen MR) is 53.7 cm³/mol. The molecule has 2 rings (SSSR count). The second kappa shape index (κ2) is 4.05. The quantitative estimate of drug-likeness (QED) is 0.725. The number of pyridine rings is 1. The summed E-state index contributed by atoms with van der Waals surface area (Å²) in [7, 11) is 0. The highest BCUT2D eigenvalue weighted by molar-refractivity contribution is 5.22. The Morgan fingerprint density at radius 2 is 2.29 bits per heavy atom. The van der Waals surface area contributed by atoms with E-state index in [9.17, 15) is 4.39 Å². The van der Waals surface area contributed by atoms with Crippen molar-refractivity contribution in [1.82, 2.24) is 10.3 Å². The van der Waals surface area contributed by atoms with Crippen LogP contribution < -0.4 is 5.32 Å². The average Bonchev–Trinajstić information content (AvgIpc) is 3.01. The number of nitrogens with zero attached hydrogens (tertiary/aromatic N) is 1. The van der Waals surface area contributed by atoms with E-state index in [1.165, 1.54) is 0 Å². The summed E-state index contributed by atoms with van der Waals surface area (Å²) < 4.78 is 11.9. The molecule has 2 nitrogen and oxygen atoms in total. The van der Waals surface area contributed by atoms with Gasteiger partial charge in [-0.25, -0.2) is 0 Å². The Morgan fingerprint density at radius 1 is 1.43 bits per heavy atom. The Labute approximate surface area is 83.6 Å². The minimum absolute atomic E-state index is 0.0659. The molecule has 1 N–H and O–H groups in total. The van der Waals surface area contributed by atoms with E-state index in [2.05, 4.69) is 10.3 Å². The summed E-state index contributed by atoms with van der Waals surface area (Å²) in [5.74, 6) is 0. The Hall–Kier alpha value is -0.960. The van der Waals surface area contributed by atoms with E-state index in [1.54, 1.807) is 0 Å². The van der Waals surface area contributed by atoms with Crippen molar-refractivity contribution in [2.45, 2.75) is 24.8 Å². The number of rotatable bonds is 5. The number of aromatic nitrogens is 1. The topological polar surface area (TPSA) is 24.9 Å². The smallest absolute Gasteiger partial charge is 0.0906 e. The first-order valence-electron chi connectivity index (χ1n) is 5.10. The SMILES string of the molecule is FCCCNC1(c2ccccn2)CC1. The molecule has 0 bridgehead atoms. The van der Waals surface area contributed by atoms with Gasteiger partial charge in [-0.1, -0.05) is 6.07 Å². The first kappa shape index (κ1) is 9.59. The van der Waals surface area contributed by atoms with Gasteiger partial charge in [0.1, 0.15) is 0 Å². The fourth-order valence-electron chi connectivity index (χ4n) is 1.69. The highest BCUT2D eigenvalue weighted by atomic mass is 19.1. The molecule has 0 aliphatic heterocycles. The first-order valence-corrected chi connectivity index (χ1v) is 5.10. The van der Waals surface area contributed by atoms with Crippen LogP contribution in [-0.2, 0) is 5.54 Å². The van der Waals surface area contributed by atoms with Gasteiger partial charge in [0.2, 0.25) is 0 Å². The van der Waals surface area contributed by atoms with Crippen LogP contribution in [0.25, 0.3) is 0 Å². The maximum atomic E-state index is 11.9. The van der Waals surface area contributed by atoms with Gasteiger partial charge in [0.05, 0.1) is 17.9 Å². The van der Waals surface area contributed by atoms with Gasteiger partial charge in [0.25, 0.3) is 0 Å². The highest BCUT2D eigenvalue weighted by Crippen LogP contribution is 2.44. The molecule has 1 aromatic rings. The summed E-state index contributed by atoms with van der Waals surface area (Å²) in [5.41, 5.74) is 1.16. The van der Waals surface area contributed by atoms with Gasteiger partial charge in [0, 0.05) is 6.20 Å². The van der Waals surface area contributed by atoms with E-state index >= 15 is 0 Å². The number of hydrogen-bond donors (Lipinski definition) is 1. The molecule has 1 saturated carbocycles. The summed E-state index contributed by atoms with van der Waals surface area (Å²) in [4.78, 5) is 4.34. The van der Waals surface area contributed by atoms with Crippen molar-refractivity contribution in [2.75, 3.05) is 13.2 Å². The molecule has 3 heteroatoms. The molecule has 1 aliphatic rings. The molecule has 0 radical (unpaired) electrons. The average molecular weight is 194 g/mol. The van der Waals surface area contributed by atoms with E-state index in [-0.39, 0.29) is 12.2 Å². The lowest BCUT2D eigenvalue weighted by Gasteiger charge is -2.15. The van der Waals surface area contributed by atoms with Crippen LogP contribution in [0, 0.1) is 0 Å². The summed E-state index contributed by atoms with van der Waals surface area (Å²) in [6, 6.07) is 5.95. The van der Waals surface area contributed by atoms with Crippen LogP contribution in [0.5, 0.6) is 0 Å². The largest absolute Gasteiger partial charge is 0.306 e. The third kappa shape index (κ3) is 1.93. The first-order chi connectivity index (χ1) is 6.87. The summed E-state index contributed by atoms with van der Waals surface area (Å²) in [6.45, 7) is 0.498. The van der Waals surface area contributed by atoms with E-state index in [1.807, 2.05) is 24.4 Å². The van der Waals surface area contributed by atoms with Crippen LogP contribution in [-0.4, -0.2) is 18.2 Å². The molecule has 0 unspecified atom stereocenters. The van der Waals surface area contributed by atoms with Crippen molar-refractivity contribution in [3.63, 3.8) is 0 Å². The molecule has 0 aromatic carbocycles. The minimum Gasteiger partial charge on any atom is -0.306 e. The fraction of sp³-hybridized carbons (Fsp3) is 0.545. The van der Waals surface area contributed by atoms with Crippen LogP contribution in [0.1, 0.15) is 25.0 Å². The Kier molecular flexibility index (Phi) is 2.77. The molecule has 0 saturated heterocycles. The molecule has 0 atom stereocenters. The number of halogens is 1. The maximum absolute atomic E-state index is 11.9. The Balaban J connectivity index is 1.96. The fourth-order valence-corrected chi connectivity index (χ4v) is 1.69. The van der Waals surface area contributed by atoms with Crippen LogP contribution in [0.4, 0.5) is 4.39 Å². The Morgan fingerprint density at radius 3 is 2.86 bits per heavy atom. The highest BCUT2D eigenvalue weighted by Gasteiger charge is 2.44. The zero-order valence-electron chi connectivity index (χ0n) is 8.17. The zero-order chi connectivity index (χ0) is 9.86. The van der Waals surface area contributed by atoms with Crippen molar-refractivity contribution >= 4 is 0 Å². The van der Waals surface area contributed by atoms with Gasteiger partial charge in [-0.3, -0.25) is 9.37 Å². The molecule has 1 heterocycles. The van der Waals surface area contributed by atoms with Crippen molar-refractivity contribution in [1.29, 1.82) is 0 Å². The molecular formula is C11H15FN2. The van der Waals surface area contributed by atoms with E-state index in [0.717, 1.165) is 25.1 Å². The summed E-state index contributed by atoms with van der Waals surface area (Å²) in [6.07, 6.45) is 4.65. The summed E-state index contributed by atoms with van der Waals surface area (Å²) >= 11 is 0. The molecule has 1 fully saturated rings. The molecule has 76 valence electrons. The lowest BCUT2D eigenvalue weighted by atomic mass is 10.1. The van der Waals surface area contributed by atoms with Crippen molar-refractivity contribution in [3.8, 4) is 0 Å². The normalized spacial score (nSPS) is 18.1. The summed E-state index contributed by atoms with van der Waals surface area (Å²) in [5, 5.41) is 3.38. The number of alkyl halides is 1.